The Balaban J connectivity index is 0.00000576. The number of hydrogen-bond acceptors (Lipinski definition) is 4. The molecule has 0 aliphatic rings. The second-order valence-corrected chi connectivity index (χ2v) is 7.72. The van der Waals surface area contributed by atoms with Crippen molar-refractivity contribution in [1.82, 2.24) is 10.2 Å². The molecule has 142 valence electrons. The van der Waals surface area contributed by atoms with Crippen molar-refractivity contribution >= 4 is 36.0 Å². The molecule has 0 saturated carbocycles. The Kier molecular flexibility index (Phi) is 10.8. The minimum absolute atomic E-state index is 0. The largest absolute Gasteiger partial charge is 0.343 e. The lowest BCUT2D eigenvalue weighted by Gasteiger charge is -2.31. The van der Waals surface area contributed by atoms with Gasteiger partial charge in [0.2, 0.25) is 5.91 Å². The molecule has 0 bridgehead atoms. The second-order valence-electron chi connectivity index (χ2n) is 6.74. The third kappa shape index (κ3) is 8.12. The first-order valence-corrected chi connectivity index (χ1v) is 9.50. The lowest BCUT2D eigenvalue weighted by atomic mass is 9.93. The Morgan fingerprint density at radius 1 is 1.28 bits per heavy atom. The summed E-state index contributed by atoms with van der Waals surface area (Å²) in [6.45, 7) is 5.10. The zero-order valence-corrected chi connectivity index (χ0v) is 17.1. The number of thioether (sulfide) groups is 1. The molecule has 0 radical (unpaired) electrons. The minimum Gasteiger partial charge on any atom is -0.343 e. The van der Waals surface area contributed by atoms with Gasteiger partial charge in [-0.15, -0.1) is 12.4 Å². The molecule has 7 heteroatoms. The summed E-state index contributed by atoms with van der Waals surface area (Å²) >= 11 is 1.66. The number of nitrogens with zero attached hydrogens (tertiary/aromatic N) is 1. The van der Waals surface area contributed by atoms with Crippen LogP contribution in [0.15, 0.2) is 30.3 Å². The highest BCUT2D eigenvalue weighted by Crippen LogP contribution is 2.15. The molecule has 25 heavy (non-hydrogen) atoms. The lowest BCUT2D eigenvalue weighted by molar-refractivity contribution is -0.133. The van der Waals surface area contributed by atoms with Gasteiger partial charge < -0.3 is 16.0 Å². The molecule has 0 spiro atoms. The third-order valence-corrected chi connectivity index (χ3v) is 4.49. The molecule has 0 aliphatic heterocycles. The number of carbonyl (C=O) groups is 2. The number of benzene rings is 1. The van der Waals surface area contributed by atoms with Gasteiger partial charge in [-0.2, -0.15) is 11.8 Å². The maximum atomic E-state index is 12.8. The van der Waals surface area contributed by atoms with Gasteiger partial charge in [-0.05, 0) is 42.5 Å². The fraction of sp³-hybridized carbons (Fsp3) is 0.556. The van der Waals surface area contributed by atoms with Crippen LogP contribution < -0.4 is 11.1 Å². The number of nitrogens with two attached hydrogens (primary N) is 1. The monoisotopic (exact) mass is 387 g/mol. The van der Waals surface area contributed by atoms with E-state index in [9.17, 15) is 9.59 Å². The highest BCUT2D eigenvalue weighted by Gasteiger charge is 2.27. The van der Waals surface area contributed by atoms with Crippen LogP contribution in [0.25, 0.3) is 0 Å². The Morgan fingerprint density at radius 3 is 2.40 bits per heavy atom. The van der Waals surface area contributed by atoms with E-state index in [4.69, 9.17) is 5.73 Å². The van der Waals surface area contributed by atoms with E-state index < -0.39 is 6.04 Å². The number of carbonyl (C=O) groups excluding carboxylic acids is 2. The van der Waals surface area contributed by atoms with Gasteiger partial charge in [0.1, 0.15) is 6.04 Å². The zero-order chi connectivity index (χ0) is 18.2. The summed E-state index contributed by atoms with van der Waals surface area (Å²) in [6, 6.07) is 8.44. The lowest BCUT2D eigenvalue weighted by Crippen LogP contribution is -2.50. The molecule has 3 N–H and O–H groups in total. The van der Waals surface area contributed by atoms with E-state index in [0.29, 0.717) is 25.1 Å². The molecule has 0 aliphatic carbocycles. The molecule has 1 aromatic rings. The van der Waals surface area contributed by atoms with Crippen molar-refractivity contribution in [2.45, 2.75) is 26.3 Å². The van der Waals surface area contributed by atoms with Crippen LogP contribution >= 0.6 is 24.2 Å². The number of halogens is 1. The number of hydrogen-bond donors (Lipinski definition) is 2. The number of rotatable bonds is 9. The van der Waals surface area contributed by atoms with Crippen molar-refractivity contribution in [3.63, 3.8) is 0 Å². The van der Waals surface area contributed by atoms with E-state index in [1.165, 1.54) is 0 Å². The van der Waals surface area contributed by atoms with Crippen LogP contribution in [-0.2, 0) is 4.79 Å². The maximum absolute atomic E-state index is 12.8. The van der Waals surface area contributed by atoms with Crippen molar-refractivity contribution < 1.29 is 9.59 Å². The first-order chi connectivity index (χ1) is 11.3. The fourth-order valence-corrected chi connectivity index (χ4v) is 2.85. The van der Waals surface area contributed by atoms with Gasteiger partial charge >= 0.3 is 0 Å². The van der Waals surface area contributed by atoms with Gasteiger partial charge in [0.25, 0.3) is 5.91 Å². The van der Waals surface area contributed by atoms with Crippen LogP contribution in [0, 0.1) is 5.41 Å². The zero-order valence-electron chi connectivity index (χ0n) is 15.5. The van der Waals surface area contributed by atoms with Gasteiger partial charge in [-0.3, -0.25) is 9.59 Å². The first-order valence-electron chi connectivity index (χ1n) is 8.10. The fourth-order valence-electron chi connectivity index (χ4n) is 2.37. The summed E-state index contributed by atoms with van der Waals surface area (Å²) < 4.78 is 0. The van der Waals surface area contributed by atoms with E-state index in [1.54, 1.807) is 35.8 Å². The van der Waals surface area contributed by atoms with Gasteiger partial charge in [-0.25, -0.2) is 0 Å². The predicted molar refractivity (Wildman–Crippen MR) is 108 cm³/mol. The van der Waals surface area contributed by atoms with Crippen LogP contribution in [0.3, 0.4) is 0 Å². The smallest absolute Gasteiger partial charge is 0.251 e. The predicted octanol–water partition coefficient (Wildman–Crippen LogP) is 2.40. The van der Waals surface area contributed by atoms with Gasteiger partial charge in [0.05, 0.1) is 0 Å². The average molecular weight is 388 g/mol. The van der Waals surface area contributed by atoms with Crippen LogP contribution in [0.2, 0.25) is 0 Å². The molecule has 1 atom stereocenters. The normalized spacial score (nSPS) is 12.0. The van der Waals surface area contributed by atoms with Gasteiger partial charge in [-0.1, -0.05) is 32.0 Å². The standard InChI is InChI=1S/C18H29N3O2S.ClH/c1-18(2,12-19)13-21(3)17(23)15(10-11-24-4)20-16(22)14-8-6-5-7-9-14;/h5-9,15H,10-13,19H2,1-4H3,(H,20,22);1H. The summed E-state index contributed by atoms with van der Waals surface area (Å²) in [6.07, 6.45) is 2.59. The molecule has 0 saturated heterocycles. The first kappa shape index (κ1) is 23.8. The second kappa shape index (κ2) is 11.4. The highest BCUT2D eigenvalue weighted by atomic mass is 35.5. The van der Waals surface area contributed by atoms with Crippen molar-refractivity contribution in [1.29, 1.82) is 0 Å². The summed E-state index contributed by atoms with van der Waals surface area (Å²) in [4.78, 5) is 26.8. The highest BCUT2D eigenvalue weighted by molar-refractivity contribution is 7.98. The van der Waals surface area contributed by atoms with Gasteiger partial charge in [0.15, 0.2) is 0 Å². The Morgan fingerprint density at radius 2 is 1.88 bits per heavy atom. The van der Waals surface area contributed by atoms with E-state index in [2.05, 4.69) is 5.32 Å². The minimum atomic E-state index is -0.524. The molecule has 0 fully saturated rings. The number of likely N-dealkylation sites (N-methyl/N-ethyl adjacent to an activating group) is 1. The maximum Gasteiger partial charge on any atom is 0.251 e. The molecule has 1 rings (SSSR count). The summed E-state index contributed by atoms with van der Waals surface area (Å²) in [5.74, 6) is 0.510. The van der Waals surface area contributed by atoms with E-state index in [-0.39, 0.29) is 29.6 Å². The van der Waals surface area contributed by atoms with Crippen LogP contribution in [0.1, 0.15) is 30.6 Å². The molecular formula is C18H30ClN3O2S. The van der Waals surface area contributed by atoms with E-state index in [0.717, 1.165) is 5.75 Å². The quantitative estimate of drug-likeness (QED) is 0.682. The number of nitrogens with one attached hydrogen (secondary N) is 1. The molecule has 0 heterocycles. The molecule has 0 aromatic heterocycles. The van der Waals surface area contributed by atoms with Crippen LogP contribution in [-0.4, -0.2) is 54.9 Å². The van der Waals surface area contributed by atoms with Crippen LogP contribution in [0.4, 0.5) is 0 Å². The Labute approximate surface area is 161 Å². The Hall–Kier alpha value is -1.24. The molecule has 5 nitrogen and oxygen atoms in total. The summed E-state index contributed by atoms with van der Waals surface area (Å²) in [5, 5.41) is 2.88. The average Bonchev–Trinajstić information content (AvgIpc) is 2.58. The molecule has 1 aromatic carbocycles. The third-order valence-electron chi connectivity index (χ3n) is 3.84. The van der Waals surface area contributed by atoms with Crippen molar-refractivity contribution in [2.24, 2.45) is 11.1 Å². The Bertz CT molecular complexity index is 540. The van der Waals surface area contributed by atoms with Gasteiger partial charge in [0, 0.05) is 19.2 Å². The van der Waals surface area contributed by atoms with Crippen molar-refractivity contribution in [3.8, 4) is 0 Å². The number of amides is 2. The molecule has 2 amide bonds. The SMILES string of the molecule is CSCCC(NC(=O)c1ccccc1)C(=O)N(C)CC(C)(C)CN.Cl. The topological polar surface area (TPSA) is 75.4 Å². The summed E-state index contributed by atoms with van der Waals surface area (Å²) in [7, 11) is 1.76. The van der Waals surface area contributed by atoms with E-state index in [1.807, 2.05) is 38.3 Å². The summed E-state index contributed by atoms with van der Waals surface area (Å²) in [5.41, 5.74) is 6.16. The van der Waals surface area contributed by atoms with E-state index >= 15 is 0 Å². The van der Waals surface area contributed by atoms with Crippen LogP contribution in [0.5, 0.6) is 0 Å². The molecule has 1 unspecified atom stereocenters. The molecular weight excluding hydrogens is 358 g/mol. The van der Waals surface area contributed by atoms with Crippen molar-refractivity contribution in [3.05, 3.63) is 35.9 Å². The van der Waals surface area contributed by atoms with Crippen molar-refractivity contribution in [2.75, 3.05) is 32.1 Å².